The number of ether oxygens (including phenoxy) is 1. The van der Waals surface area contributed by atoms with Gasteiger partial charge in [-0.1, -0.05) is 17.7 Å². The van der Waals surface area contributed by atoms with E-state index in [4.69, 9.17) is 4.74 Å². The van der Waals surface area contributed by atoms with Crippen LogP contribution in [0.1, 0.15) is 30.6 Å². The van der Waals surface area contributed by atoms with Gasteiger partial charge < -0.3 is 15.2 Å². The Morgan fingerprint density at radius 1 is 1.53 bits per heavy atom. The highest BCUT2D eigenvalue weighted by Crippen LogP contribution is 2.32. The van der Waals surface area contributed by atoms with Crippen LogP contribution >= 0.6 is 0 Å². The molecule has 1 aromatic rings. The van der Waals surface area contributed by atoms with E-state index in [-0.39, 0.29) is 11.9 Å². The molecular weight excluding hydrogens is 242 g/mol. The van der Waals surface area contributed by atoms with E-state index >= 15 is 0 Å². The molecule has 1 heterocycles. The second-order valence-electron chi connectivity index (χ2n) is 4.74. The fraction of sp³-hybridized carbons (Fsp3) is 0.400. The van der Waals surface area contributed by atoms with Gasteiger partial charge >= 0.3 is 0 Å². The van der Waals surface area contributed by atoms with Crippen LogP contribution in [-0.2, 0) is 4.79 Å². The fourth-order valence-corrected chi connectivity index (χ4v) is 2.23. The molecule has 0 radical (unpaired) electrons. The van der Waals surface area contributed by atoms with Crippen LogP contribution in [0.15, 0.2) is 30.4 Å². The van der Waals surface area contributed by atoms with Gasteiger partial charge in [-0.2, -0.15) is 0 Å². The Labute approximate surface area is 113 Å². The number of aliphatic hydroxyl groups excluding tert-OH is 1. The van der Waals surface area contributed by atoms with Crippen LogP contribution in [0.4, 0.5) is 0 Å². The lowest BCUT2D eigenvalue weighted by Crippen LogP contribution is -2.38. The van der Waals surface area contributed by atoms with Crippen molar-refractivity contribution in [2.75, 3.05) is 6.61 Å². The number of benzene rings is 1. The minimum Gasteiger partial charge on any atom is -0.493 e. The summed E-state index contributed by atoms with van der Waals surface area (Å²) in [7, 11) is 0. The molecule has 0 bridgehead atoms. The van der Waals surface area contributed by atoms with Crippen LogP contribution in [0.5, 0.6) is 5.75 Å². The number of hydrogen-bond acceptors (Lipinski definition) is 3. The quantitative estimate of drug-likeness (QED) is 0.799. The molecule has 0 aromatic heterocycles. The Morgan fingerprint density at radius 2 is 2.32 bits per heavy atom. The zero-order valence-electron chi connectivity index (χ0n) is 11.2. The third-order valence-corrected chi connectivity index (χ3v) is 3.20. The average Bonchev–Trinajstić information content (AvgIpc) is 2.51. The minimum atomic E-state index is -0.744. The van der Waals surface area contributed by atoms with Crippen LogP contribution in [0.3, 0.4) is 0 Å². The molecule has 19 heavy (non-hydrogen) atoms. The van der Waals surface area contributed by atoms with Crippen molar-refractivity contribution < 1.29 is 14.6 Å². The number of carbonyl (C=O) groups excluding carboxylic acids is 1. The average molecular weight is 261 g/mol. The first-order valence-corrected chi connectivity index (χ1v) is 6.46. The zero-order valence-corrected chi connectivity index (χ0v) is 11.2. The summed E-state index contributed by atoms with van der Waals surface area (Å²) in [5.74, 6) is 0.503. The van der Waals surface area contributed by atoms with Crippen molar-refractivity contribution in [1.29, 1.82) is 0 Å². The Bertz CT molecular complexity index is 496. The van der Waals surface area contributed by atoms with Gasteiger partial charge in [-0.15, -0.1) is 0 Å². The van der Waals surface area contributed by atoms with Crippen LogP contribution in [0.2, 0.25) is 0 Å². The first kappa shape index (κ1) is 13.6. The van der Waals surface area contributed by atoms with Gasteiger partial charge in [0.25, 0.3) is 0 Å². The van der Waals surface area contributed by atoms with Crippen molar-refractivity contribution in [2.45, 2.75) is 32.4 Å². The summed E-state index contributed by atoms with van der Waals surface area (Å²) in [6.45, 7) is 4.23. The summed E-state index contributed by atoms with van der Waals surface area (Å²) in [6, 6.07) is 5.39. The molecule has 0 aliphatic carbocycles. The van der Waals surface area contributed by atoms with E-state index in [9.17, 15) is 9.90 Å². The maximum absolute atomic E-state index is 11.6. The highest BCUT2D eigenvalue weighted by molar-refractivity contribution is 5.87. The number of fused-ring (bicyclic) bond motifs is 1. The summed E-state index contributed by atoms with van der Waals surface area (Å²) in [4.78, 5) is 11.6. The van der Waals surface area contributed by atoms with Crippen molar-refractivity contribution in [3.05, 3.63) is 41.5 Å². The van der Waals surface area contributed by atoms with E-state index in [1.165, 1.54) is 6.08 Å². The van der Waals surface area contributed by atoms with Gasteiger partial charge in [0.1, 0.15) is 11.9 Å². The van der Waals surface area contributed by atoms with Crippen molar-refractivity contribution in [3.8, 4) is 5.75 Å². The summed E-state index contributed by atoms with van der Waals surface area (Å²) >= 11 is 0. The number of aryl methyl sites for hydroxylation is 1. The predicted octanol–water partition coefficient (Wildman–Crippen LogP) is 1.87. The highest BCUT2D eigenvalue weighted by Gasteiger charge is 2.27. The van der Waals surface area contributed by atoms with E-state index in [0.717, 1.165) is 11.1 Å². The van der Waals surface area contributed by atoms with E-state index in [1.54, 1.807) is 13.0 Å². The molecule has 1 aliphatic rings. The van der Waals surface area contributed by atoms with E-state index < -0.39 is 6.10 Å². The Hall–Kier alpha value is -1.81. The van der Waals surface area contributed by atoms with Crippen LogP contribution in [-0.4, -0.2) is 23.7 Å². The molecule has 2 atom stereocenters. The second-order valence-corrected chi connectivity index (χ2v) is 4.74. The molecular formula is C15H19NO3. The summed E-state index contributed by atoms with van der Waals surface area (Å²) in [6.07, 6.45) is 2.97. The van der Waals surface area contributed by atoms with Crippen LogP contribution < -0.4 is 10.1 Å². The lowest BCUT2D eigenvalue weighted by atomic mass is 9.98. The topological polar surface area (TPSA) is 58.6 Å². The molecule has 1 aliphatic heterocycles. The van der Waals surface area contributed by atoms with Gasteiger partial charge in [0.2, 0.25) is 5.91 Å². The lowest BCUT2D eigenvalue weighted by Gasteiger charge is -2.21. The van der Waals surface area contributed by atoms with Crippen molar-refractivity contribution in [1.82, 2.24) is 5.32 Å². The Kier molecular flexibility index (Phi) is 4.22. The Morgan fingerprint density at radius 3 is 3.05 bits per heavy atom. The molecule has 0 fully saturated rings. The third kappa shape index (κ3) is 3.15. The zero-order chi connectivity index (χ0) is 13.8. The highest BCUT2D eigenvalue weighted by atomic mass is 16.5. The summed E-state index contributed by atoms with van der Waals surface area (Å²) in [5.41, 5.74) is 1.80. The largest absolute Gasteiger partial charge is 0.493 e. The van der Waals surface area contributed by atoms with E-state index in [0.29, 0.717) is 18.8 Å². The van der Waals surface area contributed by atoms with Crippen LogP contribution in [0.25, 0.3) is 0 Å². The predicted molar refractivity (Wildman–Crippen MR) is 73.0 cm³/mol. The SMILES string of the molecule is C/C=C/C(=O)NC1CCOc2ccc(C)cc2C1O. The molecule has 0 spiro atoms. The molecule has 2 rings (SSSR count). The van der Waals surface area contributed by atoms with Gasteiger partial charge in [0.05, 0.1) is 12.6 Å². The van der Waals surface area contributed by atoms with Crippen molar-refractivity contribution in [2.24, 2.45) is 0 Å². The van der Waals surface area contributed by atoms with E-state index in [1.807, 2.05) is 25.1 Å². The summed E-state index contributed by atoms with van der Waals surface area (Å²) < 4.78 is 5.62. The lowest BCUT2D eigenvalue weighted by molar-refractivity contribution is -0.118. The van der Waals surface area contributed by atoms with Crippen molar-refractivity contribution in [3.63, 3.8) is 0 Å². The molecule has 2 unspecified atom stereocenters. The molecule has 4 heteroatoms. The van der Waals surface area contributed by atoms with Gasteiger partial charge in [-0.3, -0.25) is 4.79 Å². The fourth-order valence-electron chi connectivity index (χ4n) is 2.23. The standard InChI is InChI=1S/C15H19NO3/c1-3-4-14(17)16-12-7-8-19-13-6-5-10(2)9-11(13)15(12)18/h3-6,9,12,15,18H,7-8H2,1-2H3,(H,16,17)/b4-3+. The van der Waals surface area contributed by atoms with Gasteiger partial charge in [0, 0.05) is 12.0 Å². The number of carbonyl (C=O) groups is 1. The first-order chi connectivity index (χ1) is 9.11. The molecule has 1 amide bonds. The van der Waals surface area contributed by atoms with Crippen molar-refractivity contribution >= 4 is 5.91 Å². The first-order valence-electron chi connectivity index (χ1n) is 6.46. The second kappa shape index (κ2) is 5.89. The van der Waals surface area contributed by atoms with Crippen LogP contribution in [0, 0.1) is 6.92 Å². The molecule has 1 aromatic carbocycles. The molecule has 0 saturated heterocycles. The number of allylic oxidation sites excluding steroid dienone is 1. The normalized spacial score (nSPS) is 22.5. The van der Waals surface area contributed by atoms with Gasteiger partial charge in [-0.05, 0) is 32.1 Å². The number of aliphatic hydroxyl groups is 1. The monoisotopic (exact) mass is 261 g/mol. The van der Waals surface area contributed by atoms with Gasteiger partial charge in [0.15, 0.2) is 0 Å². The number of hydrogen-bond donors (Lipinski definition) is 2. The maximum Gasteiger partial charge on any atom is 0.243 e. The number of amides is 1. The maximum atomic E-state index is 11.6. The smallest absolute Gasteiger partial charge is 0.243 e. The molecule has 102 valence electrons. The minimum absolute atomic E-state index is 0.192. The van der Waals surface area contributed by atoms with Gasteiger partial charge in [-0.25, -0.2) is 0 Å². The summed E-state index contributed by atoms with van der Waals surface area (Å²) in [5, 5.41) is 13.2. The third-order valence-electron chi connectivity index (χ3n) is 3.20. The molecule has 4 nitrogen and oxygen atoms in total. The Balaban J connectivity index is 2.22. The van der Waals surface area contributed by atoms with E-state index in [2.05, 4.69) is 5.32 Å². The molecule has 2 N–H and O–H groups in total. The number of nitrogens with one attached hydrogen (secondary N) is 1. The number of rotatable bonds is 2. The molecule has 0 saturated carbocycles.